The molecule has 0 saturated carbocycles. The normalized spacial score (nSPS) is 13.5. The van der Waals surface area contributed by atoms with Gasteiger partial charge in [-0.3, -0.25) is 19.2 Å². The average Bonchev–Trinajstić information content (AvgIpc) is 2.77. The Morgan fingerprint density at radius 1 is 0.906 bits per heavy atom. The van der Waals surface area contributed by atoms with Gasteiger partial charge in [0.2, 0.25) is 17.7 Å². The van der Waals surface area contributed by atoms with E-state index in [4.69, 9.17) is 10.8 Å². The van der Waals surface area contributed by atoms with Crippen LogP contribution in [0.2, 0.25) is 0 Å². The number of carbonyl (C=O) groups excluding carboxylic acids is 3. The van der Waals surface area contributed by atoms with E-state index in [0.717, 1.165) is 5.56 Å². The van der Waals surface area contributed by atoms with E-state index in [1.54, 1.807) is 0 Å². The van der Waals surface area contributed by atoms with E-state index in [2.05, 4.69) is 16.0 Å². The van der Waals surface area contributed by atoms with Gasteiger partial charge >= 0.3 is 5.97 Å². The molecule has 3 unspecified atom stereocenters. The zero-order valence-electron chi connectivity index (χ0n) is 18.3. The van der Waals surface area contributed by atoms with Crippen LogP contribution in [0.25, 0.3) is 0 Å². The zero-order chi connectivity index (χ0) is 23.9. The third-order valence-electron chi connectivity index (χ3n) is 4.54. The summed E-state index contributed by atoms with van der Waals surface area (Å²) < 4.78 is 0. The van der Waals surface area contributed by atoms with Crippen LogP contribution in [0.1, 0.15) is 18.4 Å². The fourth-order valence-electron chi connectivity index (χ4n) is 2.81. The van der Waals surface area contributed by atoms with Crippen LogP contribution >= 0.6 is 23.5 Å². The number of nitrogens with one attached hydrogen (secondary N) is 3. The molecule has 0 heterocycles. The summed E-state index contributed by atoms with van der Waals surface area (Å²) in [5.74, 6) is -1.50. The number of carboxylic acid groups (broad SMARTS) is 1. The van der Waals surface area contributed by atoms with Gasteiger partial charge in [0.25, 0.3) is 0 Å². The minimum Gasteiger partial charge on any atom is -0.480 e. The second kappa shape index (κ2) is 15.5. The molecule has 0 aliphatic carbocycles. The second-order valence-electron chi connectivity index (χ2n) is 7.09. The topological polar surface area (TPSA) is 151 Å². The molecule has 0 aliphatic heterocycles. The largest absolute Gasteiger partial charge is 0.480 e. The number of carbonyl (C=O) groups is 4. The Morgan fingerprint density at radius 2 is 1.44 bits per heavy atom. The quantitative estimate of drug-likeness (QED) is 0.237. The summed E-state index contributed by atoms with van der Waals surface area (Å²) in [6.45, 7) is -0.536. The van der Waals surface area contributed by atoms with Crippen LogP contribution in [-0.2, 0) is 25.6 Å². The molecule has 32 heavy (non-hydrogen) atoms. The van der Waals surface area contributed by atoms with Gasteiger partial charge in [0, 0.05) is 0 Å². The van der Waals surface area contributed by atoms with Crippen molar-refractivity contribution in [2.45, 2.75) is 37.4 Å². The Kier molecular flexibility index (Phi) is 13.5. The van der Waals surface area contributed by atoms with Gasteiger partial charge in [-0.1, -0.05) is 30.3 Å². The van der Waals surface area contributed by atoms with Crippen molar-refractivity contribution in [1.29, 1.82) is 0 Å². The van der Waals surface area contributed by atoms with E-state index in [9.17, 15) is 19.2 Å². The van der Waals surface area contributed by atoms with Gasteiger partial charge in [-0.05, 0) is 48.8 Å². The van der Waals surface area contributed by atoms with E-state index in [-0.39, 0.29) is 0 Å². The van der Waals surface area contributed by atoms with Crippen molar-refractivity contribution in [3.63, 3.8) is 0 Å². The molecule has 1 aromatic carbocycles. The maximum atomic E-state index is 12.9. The maximum absolute atomic E-state index is 12.9. The second-order valence-corrected chi connectivity index (χ2v) is 9.06. The van der Waals surface area contributed by atoms with E-state index >= 15 is 0 Å². The molecule has 0 radical (unpaired) electrons. The highest BCUT2D eigenvalue weighted by molar-refractivity contribution is 7.98. The number of nitrogens with two attached hydrogens (primary N) is 1. The van der Waals surface area contributed by atoms with Gasteiger partial charge in [0.05, 0.1) is 6.04 Å². The highest BCUT2D eigenvalue weighted by Gasteiger charge is 2.28. The summed E-state index contributed by atoms with van der Waals surface area (Å²) >= 11 is 3.02. The number of rotatable bonds is 15. The first-order chi connectivity index (χ1) is 15.3. The first-order valence-electron chi connectivity index (χ1n) is 10.2. The van der Waals surface area contributed by atoms with Crippen LogP contribution in [0.3, 0.4) is 0 Å². The molecule has 0 spiro atoms. The lowest BCUT2D eigenvalue weighted by Gasteiger charge is -2.24. The molecule has 6 N–H and O–H groups in total. The van der Waals surface area contributed by atoms with Crippen molar-refractivity contribution in [3.8, 4) is 0 Å². The number of carboxylic acids is 1. The monoisotopic (exact) mass is 484 g/mol. The van der Waals surface area contributed by atoms with Crippen molar-refractivity contribution in [1.82, 2.24) is 16.0 Å². The van der Waals surface area contributed by atoms with Crippen LogP contribution < -0.4 is 21.7 Å². The Hall–Kier alpha value is -2.24. The lowest BCUT2D eigenvalue weighted by Crippen LogP contribution is -2.56. The predicted octanol–water partition coefficient (Wildman–Crippen LogP) is 0.233. The molecule has 0 aliphatic rings. The molecule has 0 fully saturated rings. The fraction of sp³-hybridized carbons (Fsp3) is 0.524. The minimum absolute atomic E-state index is 0.328. The maximum Gasteiger partial charge on any atom is 0.322 e. The van der Waals surface area contributed by atoms with E-state index < -0.39 is 48.4 Å². The van der Waals surface area contributed by atoms with E-state index in [1.807, 2.05) is 42.8 Å². The summed E-state index contributed by atoms with van der Waals surface area (Å²) in [6.07, 6.45) is 4.78. The van der Waals surface area contributed by atoms with Crippen molar-refractivity contribution >= 4 is 47.2 Å². The number of aliphatic carboxylic acids is 1. The lowest BCUT2D eigenvalue weighted by atomic mass is 10.1. The summed E-state index contributed by atoms with van der Waals surface area (Å²) in [5.41, 5.74) is 6.95. The van der Waals surface area contributed by atoms with Crippen LogP contribution in [0.5, 0.6) is 0 Å². The molecule has 178 valence electrons. The first kappa shape index (κ1) is 27.8. The molecule has 3 amide bonds. The highest BCUT2D eigenvalue weighted by atomic mass is 32.2. The SMILES string of the molecule is CSCCC(NC(=O)C(N)Cc1ccccc1)C(=O)NC(CCSC)C(=O)NCC(=O)O. The standard InChI is InChI=1S/C21H32N4O5S2/c1-31-10-8-16(20(29)23-13-18(26)27)25-21(30)17(9-11-32-2)24-19(28)15(22)12-14-6-4-3-5-7-14/h3-7,15-17H,8-13,22H2,1-2H3,(H,23,29)(H,24,28)(H,25,30)(H,26,27). The molecule has 11 heteroatoms. The van der Waals surface area contributed by atoms with Gasteiger partial charge in [0.1, 0.15) is 18.6 Å². The van der Waals surface area contributed by atoms with Crippen LogP contribution in [0.4, 0.5) is 0 Å². The number of thioether (sulfide) groups is 2. The Labute approximate surface area is 197 Å². The summed E-state index contributed by atoms with van der Waals surface area (Å²) in [6, 6.07) is 6.75. The average molecular weight is 485 g/mol. The van der Waals surface area contributed by atoms with E-state index in [1.165, 1.54) is 23.5 Å². The number of hydrogen-bond donors (Lipinski definition) is 5. The molecule has 0 saturated heterocycles. The molecular formula is C21H32N4O5S2. The number of amides is 3. The molecule has 0 aromatic heterocycles. The molecule has 1 rings (SSSR count). The molecular weight excluding hydrogens is 452 g/mol. The van der Waals surface area contributed by atoms with Crippen molar-refractivity contribution in [2.75, 3.05) is 30.6 Å². The Morgan fingerprint density at radius 3 is 1.97 bits per heavy atom. The predicted molar refractivity (Wildman–Crippen MR) is 129 cm³/mol. The van der Waals surface area contributed by atoms with Crippen LogP contribution in [0.15, 0.2) is 30.3 Å². The van der Waals surface area contributed by atoms with Gasteiger partial charge in [-0.2, -0.15) is 23.5 Å². The van der Waals surface area contributed by atoms with Gasteiger partial charge < -0.3 is 26.8 Å². The lowest BCUT2D eigenvalue weighted by molar-refractivity contribution is -0.138. The van der Waals surface area contributed by atoms with Crippen LogP contribution in [0, 0.1) is 0 Å². The van der Waals surface area contributed by atoms with Crippen molar-refractivity contribution in [2.24, 2.45) is 5.73 Å². The Bertz CT molecular complexity index is 751. The third kappa shape index (κ3) is 10.9. The molecule has 0 bridgehead atoms. The third-order valence-corrected chi connectivity index (χ3v) is 5.82. The fourth-order valence-corrected chi connectivity index (χ4v) is 3.75. The van der Waals surface area contributed by atoms with Gasteiger partial charge in [-0.15, -0.1) is 0 Å². The highest BCUT2D eigenvalue weighted by Crippen LogP contribution is 2.07. The smallest absolute Gasteiger partial charge is 0.322 e. The van der Waals surface area contributed by atoms with Crippen molar-refractivity contribution in [3.05, 3.63) is 35.9 Å². The van der Waals surface area contributed by atoms with E-state index in [0.29, 0.717) is 30.8 Å². The summed E-state index contributed by atoms with van der Waals surface area (Å²) in [5, 5.41) is 16.4. The number of hydrogen-bond acceptors (Lipinski definition) is 7. The molecule has 3 atom stereocenters. The van der Waals surface area contributed by atoms with Gasteiger partial charge in [0.15, 0.2) is 0 Å². The van der Waals surface area contributed by atoms with Crippen LogP contribution in [-0.4, -0.2) is 77.5 Å². The molecule has 1 aromatic rings. The number of benzene rings is 1. The summed E-state index contributed by atoms with van der Waals surface area (Å²) in [7, 11) is 0. The van der Waals surface area contributed by atoms with Gasteiger partial charge in [-0.25, -0.2) is 0 Å². The Balaban J connectivity index is 2.80. The van der Waals surface area contributed by atoms with Crippen molar-refractivity contribution < 1.29 is 24.3 Å². The first-order valence-corrected chi connectivity index (χ1v) is 12.9. The minimum atomic E-state index is -1.18. The zero-order valence-corrected chi connectivity index (χ0v) is 20.0. The summed E-state index contributed by atoms with van der Waals surface area (Å²) in [4.78, 5) is 48.6. The molecule has 9 nitrogen and oxygen atoms in total.